The fraction of sp³-hybridized carbons (Fsp3) is 0.250. The van der Waals surface area contributed by atoms with Gasteiger partial charge in [-0.3, -0.25) is 4.79 Å². The number of rotatable bonds is 5. The molecule has 21 heavy (non-hydrogen) atoms. The van der Waals surface area contributed by atoms with Crippen molar-refractivity contribution in [2.75, 3.05) is 11.5 Å². The minimum absolute atomic E-state index is 0.0600. The molecule has 0 aliphatic rings. The Balaban J connectivity index is 1.89. The molecule has 2 aromatic rings. The van der Waals surface area contributed by atoms with Gasteiger partial charge in [0.15, 0.2) is 0 Å². The smallest absolute Gasteiger partial charge is 0.230 e. The van der Waals surface area contributed by atoms with Crippen LogP contribution in [-0.2, 0) is 4.79 Å². The lowest BCUT2D eigenvalue weighted by molar-refractivity contribution is -0.119. The van der Waals surface area contributed by atoms with Crippen molar-refractivity contribution in [1.29, 1.82) is 0 Å². The van der Waals surface area contributed by atoms with Crippen molar-refractivity contribution in [2.45, 2.75) is 18.1 Å². The van der Waals surface area contributed by atoms with Gasteiger partial charge in [0, 0.05) is 11.6 Å². The Bertz CT molecular complexity index is 648. The second-order valence-corrected chi connectivity index (χ2v) is 5.19. The number of halogens is 2. The Morgan fingerprint density at radius 3 is 2.90 bits per heavy atom. The number of carbonyl (C=O) groups excluding carboxylic acids is 1. The van der Waals surface area contributed by atoms with Gasteiger partial charge in [0.25, 0.3) is 0 Å². The fourth-order valence-corrected chi connectivity index (χ4v) is 2.28. The Labute approximate surface area is 123 Å². The van der Waals surface area contributed by atoms with Gasteiger partial charge >= 0.3 is 0 Å². The Morgan fingerprint density at radius 1 is 1.52 bits per heavy atom. The number of hydrogen-bond acceptors (Lipinski definition) is 5. The molecule has 1 atom stereocenters. The summed E-state index contributed by atoms with van der Waals surface area (Å²) in [5, 5.41) is 9.18. The molecule has 0 aliphatic carbocycles. The van der Waals surface area contributed by atoms with Gasteiger partial charge in [-0.05, 0) is 13.0 Å². The summed E-state index contributed by atoms with van der Waals surface area (Å²) < 4.78 is 26.4. The third-order valence-electron chi connectivity index (χ3n) is 2.62. The molecule has 0 bridgehead atoms. The van der Waals surface area contributed by atoms with E-state index < -0.39 is 17.7 Å². The molecule has 0 radical (unpaired) electrons. The second-order valence-electron chi connectivity index (χ2n) is 4.25. The van der Waals surface area contributed by atoms with Crippen LogP contribution in [0.3, 0.4) is 0 Å². The highest BCUT2D eigenvalue weighted by Crippen LogP contribution is 2.18. The van der Waals surface area contributed by atoms with Crippen LogP contribution in [0.4, 0.5) is 14.7 Å². The second kappa shape index (κ2) is 6.53. The number of nitrogens with two attached hydrogens (primary N) is 1. The third kappa shape index (κ3) is 4.15. The molecule has 1 aromatic heterocycles. The number of aromatic nitrogens is 3. The summed E-state index contributed by atoms with van der Waals surface area (Å²) in [5.74, 6) is -1.45. The first-order valence-electron chi connectivity index (χ1n) is 6.00. The summed E-state index contributed by atoms with van der Waals surface area (Å²) in [6, 6.07) is 2.66. The van der Waals surface area contributed by atoms with Crippen molar-refractivity contribution in [3.8, 4) is 0 Å². The predicted molar refractivity (Wildman–Crippen MR) is 74.4 cm³/mol. The van der Waals surface area contributed by atoms with Crippen LogP contribution in [0.1, 0.15) is 18.5 Å². The molecule has 6 nitrogen and oxygen atoms in total. The Kier molecular flexibility index (Phi) is 4.73. The lowest BCUT2D eigenvalue weighted by Gasteiger charge is -2.14. The van der Waals surface area contributed by atoms with Crippen LogP contribution in [-0.4, -0.2) is 26.8 Å². The van der Waals surface area contributed by atoms with E-state index in [2.05, 4.69) is 20.5 Å². The van der Waals surface area contributed by atoms with Gasteiger partial charge < -0.3 is 11.1 Å². The van der Waals surface area contributed by atoms with Crippen LogP contribution >= 0.6 is 11.8 Å². The summed E-state index contributed by atoms with van der Waals surface area (Å²) in [6.45, 7) is 1.61. The fourth-order valence-electron chi connectivity index (χ4n) is 1.67. The maximum Gasteiger partial charge on any atom is 0.230 e. The average Bonchev–Trinajstić information content (AvgIpc) is 2.82. The standard InChI is InChI=1S/C12H13F2N5OS/c1-6(8-3-2-7(13)4-9(8)14)16-10(20)5-21-12-17-11(15)18-19-12/h2-4,6H,5H2,1H3,(H,16,20)(H3,15,17,18,19)/t6-/m0/s1. The number of thioether (sulfide) groups is 1. The molecule has 0 saturated carbocycles. The number of nitrogens with zero attached hydrogens (tertiary/aromatic N) is 2. The predicted octanol–water partition coefficient (Wildman–Crippen LogP) is 1.63. The van der Waals surface area contributed by atoms with E-state index in [1.54, 1.807) is 6.92 Å². The van der Waals surface area contributed by atoms with Crippen LogP contribution < -0.4 is 11.1 Å². The molecule has 4 N–H and O–H groups in total. The van der Waals surface area contributed by atoms with Gasteiger partial charge in [0.05, 0.1) is 11.8 Å². The first-order chi connectivity index (χ1) is 9.95. The minimum atomic E-state index is -0.697. The van der Waals surface area contributed by atoms with E-state index in [0.717, 1.165) is 23.9 Å². The van der Waals surface area contributed by atoms with Gasteiger partial charge in [-0.2, -0.15) is 4.98 Å². The number of nitrogens with one attached hydrogen (secondary N) is 2. The molecule has 1 amide bonds. The van der Waals surface area contributed by atoms with Crippen molar-refractivity contribution in [3.05, 3.63) is 35.4 Å². The highest BCUT2D eigenvalue weighted by molar-refractivity contribution is 7.99. The van der Waals surface area contributed by atoms with E-state index in [1.165, 1.54) is 6.07 Å². The normalized spacial score (nSPS) is 12.1. The first kappa shape index (κ1) is 15.2. The SMILES string of the molecule is C[C@H](NC(=O)CSc1n[nH]c(N)n1)c1ccc(F)cc1F. The first-order valence-corrected chi connectivity index (χ1v) is 6.99. The third-order valence-corrected chi connectivity index (χ3v) is 3.47. The van der Waals surface area contributed by atoms with Crippen LogP contribution in [0.25, 0.3) is 0 Å². The van der Waals surface area contributed by atoms with Crippen molar-refractivity contribution >= 4 is 23.6 Å². The molecule has 1 aromatic carbocycles. The van der Waals surface area contributed by atoms with E-state index in [0.29, 0.717) is 5.16 Å². The van der Waals surface area contributed by atoms with E-state index in [9.17, 15) is 13.6 Å². The summed E-state index contributed by atoms with van der Waals surface area (Å²) >= 11 is 1.09. The highest BCUT2D eigenvalue weighted by Gasteiger charge is 2.15. The van der Waals surface area contributed by atoms with Crippen LogP contribution in [0.15, 0.2) is 23.4 Å². The van der Waals surface area contributed by atoms with Crippen LogP contribution in [0.2, 0.25) is 0 Å². The number of anilines is 1. The maximum absolute atomic E-state index is 13.6. The quantitative estimate of drug-likeness (QED) is 0.729. The number of amides is 1. The maximum atomic E-state index is 13.6. The van der Waals surface area contributed by atoms with Gasteiger partial charge in [0.1, 0.15) is 11.6 Å². The summed E-state index contributed by atoms with van der Waals surface area (Å²) in [4.78, 5) is 15.6. The number of H-pyrrole nitrogens is 1. The van der Waals surface area contributed by atoms with Crippen molar-refractivity contribution in [1.82, 2.24) is 20.5 Å². The molecule has 0 saturated heterocycles. The number of benzene rings is 1. The van der Waals surface area contributed by atoms with Gasteiger partial charge in [-0.25, -0.2) is 13.9 Å². The molecular formula is C12H13F2N5OS. The zero-order valence-electron chi connectivity index (χ0n) is 11.1. The molecule has 0 fully saturated rings. The topological polar surface area (TPSA) is 96.7 Å². The molecule has 9 heteroatoms. The number of carbonyl (C=O) groups is 1. The van der Waals surface area contributed by atoms with Crippen LogP contribution in [0.5, 0.6) is 0 Å². The Hall–Kier alpha value is -2.16. The largest absolute Gasteiger partial charge is 0.368 e. The minimum Gasteiger partial charge on any atom is -0.368 e. The molecule has 0 aliphatic heterocycles. The molecule has 2 rings (SSSR count). The van der Waals surface area contributed by atoms with Crippen molar-refractivity contribution in [2.24, 2.45) is 0 Å². The zero-order valence-corrected chi connectivity index (χ0v) is 11.9. The van der Waals surface area contributed by atoms with Gasteiger partial charge in [-0.15, -0.1) is 5.10 Å². The van der Waals surface area contributed by atoms with E-state index in [-0.39, 0.29) is 23.2 Å². The van der Waals surface area contributed by atoms with Crippen molar-refractivity contribution in [3.63, 3.8) is 0 Å². The lowest BCUT2D eigenvalue weighted by atomic mass is 10.1. The van der Waals surface area contributed by atoms with Gasteiger partial charge in [-0.1, -0.05) is 17.8 Å². The summed E-state index contributed by atoms with van der Waals surface area (Å²) in [5.41, 5.74) is 5.57. The lowest BCUT2D eigenvalue weighted by Crippen LogP contribution is -2.28. The molecule has 1 heterocycles. The van der Waals surface area contributed by atoms with E-state index in [4.69, 9.17) is 5.73 Å². The zero-order chi connectivity index (χ0) is 15.4. The average molecular weight is 313 g/mol. The van der Waals surface area contributed by atoms with E-state index in [1.807, 2.05) is 0 Å². The molecule has 112 valence electrons. The summed E-state index contributed by atoms with van der Waals surface area (Å²) in [6.07, 6.45) is 0. The number of nitrogen functional groups attached to an aromatic ring is 1. The van der Waals surface area contributed by atoms with Gasteiger partial charge in [0.2, 0.25) is 17.0 Å². The van der Waals surface area contributed by atoms with E-state index >= 15 is 0 Å². The number of hydrogen-bond donors (Lipinski definition) is 3. The number of aromatic amines is 1. The van der Waals surface area contributed by atoms with Crippen LogP contribution in [0, 0.1) is 11.6 Å². The molecular weight excluding hydrogens is 300 g/mol. The molecule has 0 unspecified atom stereocenters. The highest BCUT2D eigenvalue weighted by atomic mass is 32.2. The van der Waals surface area contributed by atoms with Crippen molar-refractivity contribution < 1.29 is 13.6 Å². The molecule has 0 spiro atoms. The Morgan fingerprint density at radius 2 is 2.29 bits per heavy atom. The monoisotopic (exact) mass is 313 g/mol. The summed E-state index contributed by atoms with van der Waals surface area (Å²) in [7, 11) is 0.